The van der Waals surface area contributed by atoms with Gasteiger partial charge in [0, 0.05) is 12.2 Å². The number of ether oxygens (including phenoxy) is 1. The molecule has 0 fully saturated rings. The predicted octanol–water partition coefficient (Wildman–Crippen LogP) is 3.49. The van der Waals surface area contributed by atoms with Gasteiger partial charge in [-0.15, -0.1) is 0 Å². The maximum atomic E-state index is 12.4. The van der Waals surface area contributed by atoms with Crippen molar-refractivity contribution in [3.05, 3.63) is 90.0 Å². The van der Waals surface area contributed by atoms with Gasteiger partial charge in [0.15, 0.2) is 6.61 Å². The van der Waals surface area contributed by atoms with Gasteiger partial charge in [-0.2, -0.15) is 0 Å². The fourth-order valence-electron chi connectivity index (χ4n) is 2.63. The summed E-state index contributed by atoms with van der Waals surface area (Å²) in [7, 11) is -3.64. The quantitative estimate of drug-likeness (QED) is 0.595. The van der Waals surface area contributed by atoms with Gasteiger partial charge in [0.1, 0.15) is 5.75 Å². The molecule has 150 valence electrons. The molecule has 0 saturated carbocycles. The first-order chi connectivity index (χ1) is 13.9. The van der Waals surface area contributed by atoms with Gasteiger partial charge in [-0.1, -0.05) is 42.5 Å². The van der Waals surface area contributed by atoms with Crippen LogP contribution in [-0.4, -0.2) is 20.9 Å². The zero-order chi connectivity index (χ0) is 20.7. The van der Waals surface area contributed by atoms with Crippen molar-refractivity contribution in [3.8, 4) is 5.75 Å². The third-order valence-corrected chi connectivity index (χ3v) is 5.53. The molecule has 0 bridgehead atoms. The molecule has 3 rings (SSSR count). The summed E-state index contributed by atoms with van der Waals surface area (Å²) < 4.78 is 32.8. The number of hydrogen-bond acceptors (Lipinski definition) is 4. The van der Waals surface area contributed by atoms with Crippen molar-refractivity contribution in [2.24, 2.45) is 0 Å². The van der Waals surface area contributed by atoms with Crippen LogP contribution in [0, 0.1) is 6.92 Å². The molecule has 6 nitrogen and oxygen atoms in total. The van der Waals surface area contributed by atoms with Crippen molar-refractivity contribution in [2.75, 3.05) is 11.9 Å². The van der Waals surface area contributed by atoms with Crippen molar-refractivity contribution >= 4 is 21.6 Å². The second-order valence-corrected chi connectivity index (χ2v) is 8.25. The number of carbonyl (C=O) groups excluding carboxylic acids is 1. The van der Waals surface area contributed by atoms with Crippen molar-refractivity contribution in [1.82, 2.24) is 4.72 Å². The SMILES string of the molecule is Cc1cccc(OCC(=O)Nc2ccc(S(=O)(=O)NCc3ccccc3)cc2)c1. The Morgan fingerprint density at radius 3 is 2.34 bits per heavy atom. The van der Waals surface area contributed by atoms with E-state index in [1.54, 1.807) is 18.2 Å². The molecule has 3 aromatic rings. The fourth-order valence-corrected chi connectivity index (χ4v) is 3.64. The Balaban J connectivity index is 1.54. The average molecular weight is 410 g/mol. The lowest BCUT2D eigenvalue weighted by Gasteiger charge is -2.10. The summed E-state index contributed by atoms with van der Waals surface area (Å²) in [5, 5.41) is 2.68. The Kier molecular flexibility index (Phi) is 6.64. The van der Waals surface area contributed by atoms with E-state index in [1.807, 2.05) is 55.5 Å². The van der Waals surface area contributed by atoms with Crippen molar-refractivity contribution in [3.63, 3.8) is 0 Å². The first-order valence-electron chi connectivity index (χ1n) is 9.05. The number of rotatable bonds is 8. The molecule has 3 aromatic carbocycles. The van der Waals surface area contributed by atoms with E-state index in [1.165, 1.54) is 12.1 Å². The molecule has 0 aliphatic heterocycles. The van der Waals surface area contributed by atoms with E-state index in [4.69, 9.17) is 4.74 Å². The van der Waals surface area contributed by atoms with Crippen LogP contribution in [0.3, 0.4) is 0 Å². The van der Waals surface area contributed by atoms with E-state index >= 15 is 0 Å². The minimum Gasteiger partial charge on any atom is -0.484 e. The van der Waals surface area contributed by atoms with Crippen molar-refractivity contribution in [2.45, 2.75) is 18.4 Å². The first kappa shape index (κ1) is 20.6. The molecule has 0 unspecified atom stereocenters. The first-order valence-corrected chi connectivity index (χ1v) is 10.5. The standard InChI is InChI=1S/C22H22N2O4S/c1-17-6-5-9-20(14-17)28-16-22(25)24-19-10-12-21(13-11-19)29(26,27)23-15-18-7-3-2-4-8-18/h2-14,23H,15-16H2,1H3,(H,24,25). The predicted molar refractivity (Wildman–Crippen MR) is 112 cm³/mol. The van der Waals surface area contributed by atoms with Gasteiger partial charge in [-0.3, -0.25) is 4.79 Å². The lowest BCUT2D eigenvalue weighted by atomic mass is 10.2. The Bertz CT molecular complexity index is 1070. The molecule has 2 N–H and O–H groups in total. The highest BCUT2D eigenvalue weighted by atomic mass is 32.2. The topological polar surface area (TPSA) is 84.5 Å². The highest BCUT2D eigenvalue weighted by Gasteiger charge is 2.14. The Morgan fingerprint density at radius 2 is 1.66 bits per heavy atom. The van der Waals surface area contributed by atoms with Crippen LogP contribution < -0.4 is 14.8 Å². The molecule has 0 aromatic heterocycles. The smallest absolute Gasteiger partial charge is 0.262 e. The number of sulfonamides is 1. The Morgan fingerprint density at radius 1 is 0.931 bits per heavy atom. The number of nitrogens with one attached hydrogen (secondary N) is 2. The Labute approximate surface area is 170 Å². The van der Waals surface area contributed by atoms with E-state index in [0.717, 1.165) is 11.1 Å². The van der Waals surface area contributed by atoms with Crippen LogP contribution in [-0.2, 0) is 21.4 Å². The molecule has 1 amide bonds. The zero-order valence-corrected chi connectivity index (χ0v) is 16.8. The van der Waals surface area contributed by atoms with Crippen LogP contribution in [0.25, 0.3) is 0 Å². The molecule has 0 spiro atoms. The number of anilines is 1. The monoisotopic (exact) mass is 410 g/mol. The van der Waals surface area contributed by atoms with Gasteiger partial charge in [0.05, 0.1) is 4.90 Å². The highest BCUT2D eigenvalue weighted by molar-refractivity contribution is 7.89. The van der Waals surface area contributed by atoms with Crippen LogP contribution in [0.5, 0.6) is 5.75 Å². The summed E-state index contributed by atoms with van der Waals surface area (Å²) in [4.78, 5) is 12.2. The normalized spacial score (nSPS) is 11.1. The van der Waals surface area contributed by atoms with Gasteiger partial charge in [0.25, 0.3) is 5.91 Å². The average Bonchev–Trinajstić information content (AvgIpc) is 2.72. The van der Waals surface area contributed by atoms with Gasteiger partial charge < -0.3 is 10.1 Å². The van der Waals surface area contributed by atoms with E-state index in [-0.39, 0.29) is 24.0 Å². The maximum absolute atomic E-state index is 12.4. The second-order valence-electron chi connectivity index (χ2n) is 6.49. The number of carbonyl (C=O) groups is 1. The number of hydrogen-bond donors (Lipinski definition) is 2. The fraction of sp³-hybridized carbons (Fsp3) is 0.136. The highest BCUT2D eigenvalue weighted by Crippen LogP contribution is 2.15. The summed E-state index contributed by atoms with van der Waals surface area (Å²) in [6.07, 6.45) is 0. The van der Waals surface area contributed by atoms with Crippen LogP contribution in [0.4, 0.5) is 5.69 Å². The molecule has 0 radical (unpaired) electrons. The number of amides is 1. The minimum absolute atomic E-state index is 0.127. The van der Waals surface area contributed by atoms with Gasteiger partial charge in [0.2, 0.25) is 10.0 Å². The molecule has 0 heterocycles. The third kappa shape index (κ3) is 6.17. The van der Waals surface area contributed by atoms with E-state index in [9.17, 15) is 13.2 Å². The maximum Gasteiger partial charge on any atom is 0.262 e. The molecule has 7 heteroatoms. The van der Waals surface area contributed by atoms with Gasteiger partial charge >= 0.3 is 0 Å². The lowest BCUT2D eigenvalue weighted by molar-refractivity contribution is -0.118. The molecule has 29 heavy (non-hydrogen) atoms. The zero-order valence-electron chi connectivity index (χ0n) is 16.0. The minimum atomic E-state index is -3.64. The summed E-state index contributed by atoms with van der Waals surface area (Å²) in [5.41, 5.74) is 2.40. The largest absolute Gasteiger partial charge is 0.484 e. The van der Waals surface area contributed by atoms with Gasteiger partial charge in [-0.05, 0) is 54.4 Å². The summed E-state index contributed by atoms with van der Waals surface area (Å²) >= 11 is 0. The summed E-state index contributed by atoms with van der Waals surface area (Å²) in [5.74, 6) is 0.287. The molecule has 0 aliphatic rings. The molecular weight excluding hydrogens is 388 g/mol. The molecule has 0 saturated heterocycles. The summed E-state index contributed by atoms with van der Waals surface area (Å²) in [6, 6.07) is 22.7. The van der Waals surface area contributed by atoms with Crippen LogP contribution in [0.1, 0.15) is 11.1 Å². The molecular formula is C22H22N2O4S. The van der Waals surface area contributed by atoms with Crippen molar-refractivity contribution < 1.29 is 17.9 Å². The van der Waals surface area contributed by atoms with E-state index in [2.05, 4.69) is 10.0 Å². The van der Waals surface area contributed by atoms with Crippen LogP contribution in [0.2, 0.25) is 0 Å². The van der Waals surface area contributed by atoms with Crippen LogP contribution in [0.15, 0.2) is 83.8 Å². The van der Waals surface area contributed by atoms with E-state index in [0.29, 0.717) is 11.4 Å². The second kappa shape index (κ2) is 9.36. The van der Waals surface area contributed by atoms with Gasteiger partial charge in [-0.25, -0.2) is 13.1 Å². The van der Waals surface area contributed by atoms with Crippen molar-refractivity contribution in [1.29, 1.82) is 0 Å². The van der Waals surface area contributed by atoms with E-state index < -0.39 is 10.0 Å². The summed E-state index contributed by atoms with van der Waals surface area (Å²) in [6.45, 7) is 2.01. The molecule has 0 aliphatic carbocycles. The third-order valence-electron chi connectivity index (χ3n) is 4.12. The van der Waals surface area contributed by atoms with Crippen LogP contribution >= 0.6 is 0 Å². The number of benzene rings is 3. The molecule has 0 atom stereocenters. The lowest BCUT2D eigenvalue weighted by Crippen LogP contribution is -2.23. The number of aryl methyl sites for hydroxylation is 1. The Hall–Kier alpha value is -3.16.